The van der Waals surface area contributed by atoms with Crippen LogP contribution in [0, 0.1) is 18.3 Å². The fourth-order valence-corrected chi connectivity index (χ4v) is 3.50. The lowest BCUT2D eigenvalue weighted by Gasteiger charge is -2.22. The summed E-state index contributed by atoms with van der Waals surface area (Å²) < 4.78 is 15.4. The van der Waals surface area contributed by atoms with Gasteiger partial charge < -0.3 is 9.47 Å². The van der Waals surface area contributed by atoms with Crippen LogP contribution in [0.15, 0.2) is 30.6 Å². The second-order valence-electron chi connectivity index (χ2n) is 8.22. The van der Waals surface area contributed by atoms with Crippen LogP contribution in [0.5, 0.6) is 11.5 Å². The normalized spacial score (nSPS) is 12.9. The Morgan fingerprint density at radius 1 is 1.08 bits per heavy atom. The molecular formula is C21H33N2O2+. The molecule has 4 nitrogen and oxygen atoms in total. The molecular weight excluding hydrogens is 312 g/mol. The minimum absolute atomic E-state index is 0.369. The highest BCUT2D eigenvalue weighted by molar-refractivity contribution is 5.38. The van der Waals surface area contributed by atoms with Crippen molar-refractivity contribution in [3.05, 3.63) is 42.0 Å². The van der Waals surface area contributed by atoms with Gasteiger partial charge in [-0.25, -0.2) is 9.13 Å². The van der Waals surface area contributed by atoms with Gasteiger partial charge in [0.15, 0.2) is 0 Å². The zero-order chi connectivity index (χ0) is 18.6. The number of nitrogens with zero attached hydrogens (tertiary/aromatic N) is 2. The molecule has 0 spiro atoms. The van der Waals surface area contributed by atoms with Crippen molar-refractivity contribution in [2.24, 2.45) is 11.3 Å². The van der Waals surface area contributed by atoms with Crippen molar-refractivity contribution in [1.82, 2.24) is 4.57 Å². The van der Waals surface area contributed by atoms with E-state index < -0.39 is 0 Å². The molecule has 138 valence electrons. The third kappa shape index (κ3) is 5.52. The summed E-state index contributed by atoms with van der Waals surface area (Å²) in [4.78, 5) is 0. The monoisotopic (exact) mass is 345 g/mol. The van der Waals surface area contributed by atoms with Crippen LogP contribution in [-0.2, 0) is 13.1 Å². The highest BCUT2D eigenvalue weighted by Gasteiger charge is 2.20. The molecule has 0 amide bonds. The van der Waals surface area contributed by atoms with Crippen molar-refractivity contribution in [2.45, 2.75) is 54.1 Å². The molecule has 1 unspecified atom stereocenters. The zero-order valence-electron chi connectivity index (χ0n) is 16.8. The van der Waals surface area contributed by atoms with E-state index in [4.69, 9.17) is 9.47 Å². The van der Waals surface area contributed by atoms with Crippen molar-refractivity contribution < 1.29 is 14.0 Å². The lowest BCUT2D eigenvalue weighted by molar-refractivity contribution is -0.694. The van der Waals surface area contributed by atoms with E-state index in [1.165, 1.54) is 17.8 Å². The number of benzene rings is 1. The molecule has 25 heavy (non-hydrogen) atoms. The zero-order valence-corrected chi connectivity index (χ0v) is 16.8. The van der Waals surface area contributed by atoms with E-state index in [9.17, 15) is 0 Å². The van der Waals surface area contributed by atoms with Gasteiger partial charge in [-0.1, -0.05) is 27.7 Å². The van der Waals surface area contributed by atoms with Crippen molar-refractivity contribution >= 4 is 0 Å². The molecule has 0 N–H and O–H groups in total. The maximum absolute atomic E-state index is 5.38. The minimum Gasteiger partial charge on any atom is -0.497 e. The Balaban J connectivity index is 2.13. The number of hydrogen-bond donors (Lipinski definition) is 0. The molecule has 0 aliphatic heterocycles. The van der Waals surface area contributed by atoms with Crippen LogP contribution in [0.25, 0.3) is 0 Å². The van der Waals surface area contributed by atoms with E-state index in [2.05, 4.69) is 68.3 Å². The smallest absolute Gasteiger partial charge is 0.253 e. The first-order valence-electron chi connectivity index (χ1n) is 8.99. The van der Waals surface area contributed by atoms with Crippen molar-refractivity contribution in [3.8, 4) is 11.5 Å². The first-order chi connectivity index (χ1) is 11.7. The van der Waals surface area contributed by atoms with Crippen molar-refractivity contribution in [1.29, 1.82) is 0 Å². The summed E-state index contributed by atoms with van der Waals surface area (Å²) >= 11 is 0. The predicted octanol–water partition coefficient (Wildman–Crippen LogP) is 4.22. The van der Waals surface area contributed by atoms with Gasteiger partial charge in [0.1, 0.15) is 30.4 Å². The fourth-order valence-electron chi connectivity index (χ4n) is 3.50. The second-order valence-corrected chi connectivity index (χ2v) is 8.22. The van der Waals surface area contributed by atoms with Crippen LogP contribution < -0.4 is 14.0 Å². The standard InChI is InChI=1S/C21H33N2O2/c1-16(13-21(3,4)5)14-22-8-9-23(17(22)2)15-18-10-19(24-6)12-20(11-18)25-7/h8-12,16H,13-15H2,1-7H3/q+1. The Morgan fingerprint density at radius 3 is 2.20 bits per heavy atom. The quantitative estimate of drug-likeness (QED) is 0.703. The maximum Gasteiger partial charge on any atom is 0.253 e. The van der Waals surface area contributed by atoms with Crippen LogP contribution in [0.3, 0.4) is 0 Å². The Kier molecular flexibility index (Phi) is 6.15. The first-order valence-corrected chi connectivity index (χ1v) is 8.99. The van der Waals surface area contributed by atoms with E-state index in [-0.39, 0.29) is 0 Å². The van der Waals surface area contributed by atoms with Crippen molar-refractivity contribution in [3.63, 3.8) is 0 Å². The fraction of sp³-hybridized carbons (Fsp3) is 0.571. The number of hydrogen-bond acceptors (Lipinski definition) is 2. The Bertz CT molecular complexity index is 676. The van der Waals surface area contributed by atoms with Crippen LogP contribution in [0.4, 0.5) is 0 Å². The average Bonchev–Trinajstić information content (AvgIpc) is 2.85. The summed E-state index contributed by atoms with van der Waals surface area (Å²) in [5, 5.41) is 0. The van der Waals surface area contributed by atoms with Gasteiger partial charge in [-0.15, -0.1) is 0 Å². The molecule has 0 radical (unpaired) electrons. The Morgan fingerprint density at radius 2 is 1.68 bits per heavy atom. The lowest BCUT2D eigenvalue weighted by Crippen LogP contribution is -2.36. The SMILES string of the molecule is COc1cc(C[n+]2ccn(CC(C)CC(C)(C)C)c2C)cc(OC)c1. The highest BCUT2D eigenvalue weighted by Crippen LogP contribution is 2.25. The highest BCUT2D eigenvalue weighted by atomic mass is 16.5. The van der Waals surface area contributed by atoms with Gasteiger partial charge in [0, 0.05) is 18.6 Å². The first kappa shape index (κ1) is 19.4. The van der Waals surface area contributed by atoms with Crippen molar-refractivity contribution in [2.75, 3.05) is 14.2 Å². The second kappa shape index (κ2) is 7.94. The number of ether oxygens (including phenoxy) is 2. The molecule has 1 aromatic heterocycles. The predicted molar refractivity (Wildman–Crippen MR) is 101 cm³/mol. The topological polar surface area (TPSA) is 27.3 Å². The van der Waals surface area contributed by atoms with E-state index in [1.807, 2.05) is 6.07 Å². The molecule has 0 fully saturated rings. The van der Waals surface area contributed by atoms with E-state index in [0.717, 1.165) is 24.6 Å². The van der Waals surface area contributed by atoms with Crippen LogP contribution >= 0.6 is 0 Å². The van der Waals surface area contributed by atoms with Gasteiger partial charge in [0.2, 0.25) is 0 Å². The largest absolute Gasteiger partial charge is 0.497 e. The van der Waals surface area contributed by atoms with Gasteiger partial charge >= 0.3 is 0 Å². The molecule has 0 aliphatic carbocycles. The molecule has 0 saturated carbocycles. The minimum atomic E-state index is 0.369. The maximum atomic E-state index is 5.38. The molecule has 2 rings (SSSR count). The van der Waals surface area contributed by atoms with Crippen LogP contribution in [0.1, 0.15) is 45.5 Å². The summed E-state index contributed by atoms with van der Waals surface area (Å²) in [5.41, 5.74) is 1.54. The third-order valence-corrected chi connectivity index (χ3v) is 4.49. The molecule has 0 aliphatic rings. The number of methoxy groups -OCH3 is 2. The van der Waals surface area contributed by atoms with Gasteiger partial charge in [-0.2, -0.15) is 0 Å². The van der Waals surface area contributed by atoms with E-state index in [1.54, 1.807) is 14.2 Å². The molecule has 2 aromatic rings. The molecule has 0 bridgehead atoms. The Labute approximate surface area is 152 Å². The molecule has 1 heterocycles. The van der Waals surface area contributed by atoms with E-state index in [0.29, 0.717) is 11.3 Å². The van der Waals surface area contributed by atoms with Gasteiger partial charge in [0.05, 0.1) is 20.8 Å². The number of rotatable bonds is 7. The van der Waals surface area contributed by atoms with Gasteiger partial charge in [-0.3, -0.25) is 0 Å². The summed E-state index contributed by atoms with van der Waals surface area (Å²) in [6, 6.07) is 6.03. The molecule has 0 saturated heterocycles. The molecule has 1 atom stereocenters. The average molecular weight is 346 g/mol. The number of aromatic nitrogens is 2. The summed E-state index contributed by atoms with van der Waals surface area (Å²) in [7, 11) is 3.37. The van der Waals surface area contributed by atoms with Crippen LogP contribution in [0.2, 0.25) is 0 Å². The summed E-state index contributed by atoms with van der Waals surface area (Å²) in [5.74, 6) is 3.57. The lowest BCUT2D eigenvalue weighted by atomic mass is 9.85. The van der Waals surface area contributed by atoms with Crippen LogP contribution in [-0.4, -0.2) is 18.8 Å². The number of imidazole rings is 1. The summed E-state index contributed by atoms with van der Waals surface area (Å²) in [6.45, 7) is 13.3. The van der Waals surface area contributed by atoms with E-state index >= 15 is 0 Å². The third-order valence-electron chi connectivity index (χ3n) is 4.49. The Hall–Kier alpha value is -1.97. The molecule has 1 aromatic carbocycles. The molecule has 4 heteroatoms. The van der Waals surface area contributed by atoms with Gasteiger partial charge in [0.25, 0.3) is 5.82 Å². The van der Waals surface area contributed by atoms with Gasteiger partial charge in [-0.05, 0) is 29.9 Å². The summed E-state index contributed by atoms with van der Waals surface area (Å²) in [6.07, 6.45) is 5.56.